The molecule has 152 valence electrons. The third-order valence-electron chi connectivity index (χ3n) is 4.25. The lowest BCUT2D eigenvalue weighted by atomic mass is 10.0. The van der Waals surface area contributed by atoms with Gasteiger partial charge in [0, 0.05) is 6.07 Å². The summed E-state index contributed by atoms with van der Waals surface area (Å²) in [6.07, 6.45) is 1.84. The number of aliphatic carboxylic acids is 1. The molecule has 28 heavy (non-hydrogen) atoms. The maximum Gasteiger partial charge on any atom is 0.336 e. The van der Waals surface area contributed by atoms with Crippen molar-refractivity contribution in [2.75, 3.05) is 6.61 Å². The number of nitrogens with one attached hydrogen (secondary N) is 1. The Labute approximate surface area is 163 Å². The molecule has 0 radical (unpaired) electrons. The summed E-state index contributed by atoms with van der Waals surface area (Å²) < 4.78 is 11.0. The van der Waals surface area contributed by atoms with Crippen molar-refractivity contribution >= 4 is 22.8 Å². The molecular formula is C21H27NO6. The van der Waals surface area contributed by atoms with E-state index in [9.17, 15) is 19.5 Å². The number of aryl methyl sites for hydroxylation is 2. The van der Waals surface area contributed by atoms with Gasteiger partial charge in [0.1, 0.15) is 17.4 Å². The topological polar surface area (TPSA) is 106 Å². The number of carbonyl (C=O) groups is 2. The zero-order valence-electron chi connectivity index (χ0n) is 16.7. The lowest BCUT2D eigenvalue weighted by Gasteiger charge is -2.17. The minimum Gasteiger partial charge on any atom is -0.483 e. The van der Waals surface area contributed by atoms with Gasteiger partial charge < -0.3 is 19.6 Å². The van der Waals surface area contributed by atoms with Gasteiger partial charge in [-0.3, -0.25) is 4.79 Å². The number of carbonyl (C=O) groups excluding carboxylic acids is 1. The quantitative estimate of drug-likeness (QED) is 0.639. The molecule has 0 aliphatic rings. The maximum atomic E-state index is 12.2. The Hall–Kier alpha value is -2.83. The number of benzene rings is 1. The molecule has 1 aromatic heterocycles. The second kappa shape index (κ2) is 9.39. The van der Waals surface area contributed by atoms with Gasteiger partial charge in [0.2, 0.25) is 0 Å². The summed E-state index contributed by atoms with van der Waals surface area (Å²) in [7, 11) is 0. The van der Waals surface area contributed by atoms with Crippen LogP contribution in [0.2, 0.25) is 0 Å². The SMILES string of the molecule is CCCc1cc(=O)oc2cc(C)cc(OCC(=O)N[C@@H](CC(C)C)C(=O)O)c12. The Bertz CT molecular complexity index is 915. The number of amides is 1. The van der Waals surface area contributed by atoms with Crippen LogP contribution in [0.15, 0.2) is 27.4 Å². The fourth-order valence-electron chi connectivity index (χ4n) is 3.12. The fourth-order valence-corrected chi connectivity index (χ4v) is 3.12. The molecule has 1 atom stereocenters. The third-order valence-corrected chi connectivity index (χ3v) is 4.25. The van der Waals surface area contributed by atoms with Crippen molar-refractivity contribution in [1.82, 2.24) is 5.32 Å². The zero-order valence-corrected chi connectivity index (χ0v) is 16.7. The summed E-state index contributed by atoms with van der Waals surface area (Å²) in [5, 5.41) is 12.4. The highest BCUT2D eigenvalue weighted by Gasteiger charge is 2.21. The lowest BCUT2D eigenvalue weighted by molar-refractivity contribution is -0.142. The van der Waals surface area contributed by atoms with Crippen molar-refractivity contribution in [3.05, 3.63) is 39.7 Å². The summed E-state index contributed by atoms with van der Waals surface area (Å²) in [5.41, 5.74) is 1.60. The highest BCUT2D eigenvalue weighted by Crippen LogP contribution is 2.30. The second-order valence-electron chi connectivity index (χ2n) is 7.35. The largest absolute Gasteiger partial charge is 0.483 e. The van der Waals surface area contributed by atoms with Crippen molar-refractivity contribution in [2.45, 2.75) is 53.0 Å². The van der Waals surface area contributed by atoms with Gasteiger partial charge in [-0.1, -0.05) is 27.2 Å². The predicted octanol–water partition coefficient (Wildman–Crippen LogP) is 3.05. The number of carboxylic acids is 1. The summed E-state index contributed by atoms with van der Waals surface area (Å²) in [6.45, 7) is 7.29. The van der Waals surface area contributed by atoms with Gasteiger partial charge in [0.15, 0.2) is 6.61 Å². The molecule has 0 saturated heterocycles. The van der Waals surface area contributed by atoms with E-state index in [4.69, 9.17) is 9.15 Å². The van der Waals surface area contributed by atoms with Crippen LogP contribution in [0.1, 0.15) is 44.7 Å². The molecule has 1 aromatic carbocycles. The first-order chi connectivity index (χ1) is 13.2. The molecular weight excluding hydrogens is 362 g/mol. The molecule has 1 amide bonds. The van der Waals surface area contributed by atoms with Crippen molar-refractivity contribution in [3.63, 3.8) is 0 Å². The van der Waals surface area contributed by atoms with Crippen molar-refractivity contribution in [3.8, 4) is 5.75 Å². The second-order valence-corrected chi connectivity index (χ2v) is 7.35. The monoisotopic (exact) mass is 389 g/mol. The molecule has 7 nitrogen and oxygen atoms in total. The Morgan fingerprint density at radius 1 is 1.25 bits per heavy atom. The van der Waals surface area contributed by atoms with Crippen LogP contribution in [0, 0.1) is 12.8 Å². The fraction of sp³-hybridized carbons (Fsp3) is 0.476. The van der Waals surface area contributed by atoms with Crippen LogP contribution >= 0.6 is 0 Å². The van der Waals surface area contributed by atoms with E-state index in [0.717, 1.165) is 17.5 Å². The van der Waals surface area contributed by atoms with E-state index in [1.54, 1.807) is 12.1 Å². The summed E-state index contributed by atoms with van der Waals surface area (Å²) >= 11 is 0. The molecule has 2 rings (SSSR count). The van der Waals surface area contributed by atoms with Crippen LogP contribution < -0.4 is 15.7 Å². The average molecular weight is 389 g/mol. The normalized spacial score (nSPS) is 12.2. The molecule has 1 heterocycles. The molecule has 0 spiro atoms. The number of hydrogen-bond donors (Lipinski definition) is 2. The summed E-state index contributed by atoms with van der Waals surface area (Å²) in [4.78, 5) is 35.4. The molecule has 0 aliphatic heterocycles. The molecule has 2 aromatic rings. The van der Waals surface area contributed by atoms with Crippen LogP contribution in [-0.2, 0) is 16.0 Å². The molecule has 0 fully saturated rings. The van der Waals surface area contributed by atoms with E-state index in [2.05, 4.69) is 5.32 Å². The Balaban J connectivity index is 2.24. The van der Waals surface area contributed by atoms with Crippen LogP contribution in [0.3, 0.4) is 0 Å². The molecule has 0 bridgehead atoms. The predicted molar refractivity (Wildman–Crippen MR) is 106 cm³/mol. The minimum atomic E-state index is -1.07. The first-order valence-corrected chi connectivity index (χ1v) is 9.43. The Morgan fingerprint density at radius 2 is 1.96 bits per heavy atom. The van der Waals surface area contributed by atoms with Crippen molar-refractivity contribution < 1.29 is 23.8 Å². The van der Waals surface area contributed by atoms with Crippen molar-refractivity contribution in [2.24, 2.45) is 5.92 Å². The smallest absolute Gasteiger partial charge is 0.336 e. The lowest BCUT2D eigenvalue weighted by Crippen LogP contribution is -2.43. The molecule has 7 heteroatoms. The number of carboxylic acid groups (broad SMARTS) is 1. The highest BCUT2D eigenvalue weighted by molar-refractivity contribution is 5.89. The highest BCUT2D eigenvalue weighted by atomic mass is 16.5. The van der Waals surface area contributed by atoms with Crippen LogP contribution in [-0.4, -0.2) is 29.6 Å². The third kappa shape index (κ3) is 5.58. The van der Waals surface area contributed by atoms with Crippen LogP contribution in [0.5, 0.6) is 5.75 Å². The van der Waals surface area contributed by atoms with E-state index < -0.39 is 23.5 Å². The van der Waals surface area contributed by atoms with E-state index in [0.29, 0.717) is 29.6 Å². The Kier molecular flexibility index (Phi) is 7.20. The number of hydrogen-bond acceptors (Lipinski definition) is 5. The standard InChI is InChI=1S/C21H27NO6/c1-5-6-14-10-19(24)28-17-9-13(4)8-16(20(14)17)27-11-18(23)22-15(21(25)26)7-12(2)3/h8-10,12,15H,5-7,11H2,1-4H3,(H,22,23)(H,25,26)/t15-/m0/s1. The van der Waals surface area contributed by atoms with Gasteiger partial charge in [-0.25, -0.2) is 9.59 Å². The van der Waals surface area contributed by atoms with Gasteiger partial charge >= 0.3 is 11.6 Å². The first kappa shape index (κ1) is 21.5. The molecule has 0 aliphatic carbocycles. The van der Waals surface area contributed by atoms with E-state index in [-0.39, 0.29) is 12.5 Å². The van der Waals surface area contributed by atoms with Gasteiger partial charge in [0.05, 0.1) is 5.39 Å². The van der Waals surface area contributed by atoms with Gasteiger partial charge in [-0.2, -0.15) is 0 Å². The maximum absolute atomic E-state index is 12.2. The van der Waals surface area contributed by atoms with Gasteiger partial charge in [-0.15, -0.1) is 0 Å². The van der Waals surface area contributed by atoms with Crippen molar-refractivity contribution in [1.29, 1.82) is 0 Å². The van der Waals surface area contributed by atoms with Crippen LogP contribution in [0.4, 0.5) is 0 Å². The Morgan fingerprint density at radius 3 is 2.57 bits per heavy atom. The zero-order chi connectivity index (χ0) is 20.8. The molecule has 2 N–H and O–H groups in total. The van der Waals surface area contributed by atoms with Gasteiger partial charge in [0.25, 0.3) is 5.91 Å². The first-order valence-electron chi connectivity index (χ1n) is 9.43. The minimum absolute atomic E-state index is 0.127. The number of fused-ring (bicyclic) bond motifs is 1. The van der Waals surface area contributed by atoms with E-state index in [1.807, 2.05) is 27.7 Å². The van der Waals surface area contributed by atoms with Crippen LogP contribution in [0.25, 0.3) is 11.0 Å². The number of ether oxygens (including phenoxy) is 1. The molecule has 0 unspecified atom stereocenters. The van der Waals surface area contributed by atoms with E-state index >= 15 is 0 Å². The average Bonchev–Trinajstić information content (AvgIpc) is 2.58. The summed E-state index contributed by atoms with van der Waals surface area (Å²) in [6, 6.07) is 4.01. The van der Waals surface area contributed by atoms with E-state index in [1.165, 1.54) is 6.07 Å². The summed E-state index contributed by atoms with van der Waals surface area (Å²) in [5.74, 6) is -1.03. The number of rotatable bonds is 9. The molecule has 0 saturated carbocycles. The van der Waals surface area contributed by atoms with Gasteiger partial charge in [-0.05, 0) is 48.9 Å².